The number of anilines is 1. The Balaban J connectivity index is 1.53. The molecule has 0 atom stereocenters. The highest BCUT2D eigenvalue weighted by molar-refractivity contribution is 6.04. The molecule has 1 amide bonds. The van der Waals surface area contributed by atoms with Gasteiger partial charge in [0.25, 0.3) is 5.91 Å². The molecule has 1 N–H and O–H groups in total. The standard InChI is InChI=1S/C23H21NO4/c1-17(25)18-10-12-20(13-11-18)24-23(26)19-6-5-9-22(16-19)28-15-14-27-21-7-3-2-4-8-21/h2-13,16H,14-15H2,1H3,(H,24,26). The molecule has 0 aromatic heterocycles. The van der Waals surface area contributed by atoms with Crippen molar-refractivity contribution in [3.63, 3.8) is 0 Å². The van der Waals surface area contributed by atoms with E-state index in [9.17, 15) is 9.59 Å². The summed E-state index contributed by atoms with van der Waals surface area (Å²) in [6.45, 7) is 2.28. The fourth-order valence-corrected chi connectivity index (χ4v) is 2.55. The van der Waals surface area contributed by atoms with E-state index in [1.807, 2.05) is 30.3 Å². The Morgan fingerprint density at radius 1 is 0.750 bits per heavy atom. The van der Waals surface area contributed by atoms with Crippen molar-refractivity contribution < 1.29 is 19.1 Å². The van der Waals surface area contributed by atoms with E-state index in [2.05, 4.69) is 5.32 Å². The van der Waals surface area contributed by atoms with Gasteiger partial charge in [0.05, 0.1) is 0 Å². The van der Waals surface area contributed by atoms with Crippen molar-refractivity contribution in [1.82, 2.24) is 0 Å². The first-order valence-electron chi connectivity index (χ1n) is 8.95. The lowest BCUT2D eigenvalue weighted by molar-refractivity contribution is 0.101. The first-order chi connectivity index (χ1) is 13.6. The molecule has 5 nitrogen and oxygen atoms in total. The Hall–Kier alpha value is -3.60. The van der Waals surface area contributed by atoms with Gasteiger partial charge in [-0.05, 0) is 61.5 Å². The van der Waals surface area contributed by atoms with E-state index in [0.717, 1.165) is 5.75 Å². The quantitative estimate of drug-likeness (QED) is 0.462. The Bertz CT molecular complexity index is 936. The van der Waals surface area contributed by atoms with Crippen molar-refractivity contribution in [3.8, 4) is 11.5 Å². The highest BCUT2D eigenvalue weighted by Crippen LogP contribution is 2.16. The van der Waals surface area contributed by atoms with Crippen LogP contribution in [0, 0.1) is 0 Å². The van der Waals surface area contributed by atoms with Crippen molar-refractivity contribution in [1.29, 1.82) is 0 Å². The average Bonchev–Trinajstić information content (AvgIpc) is 2.72. The third-order valence-corrected chi connectivity index (χ3v) is 4.01. The van der Waals surface area contributed by atoms with E-state index in [1.54, 1.807) is 48.5 Å². The summed E-state index contributed by atoms with van der Waals surface area (Å²) in [6, 6.07) is 23.2. The molecule has 0 saturated carbocycles. The smallest absolute Gasteiger partial charge is 0.255 e. The van der Waals surface area contributed by atoms with Crippen LogP contribution in [-0.2, 0) is 0 Å². The largest absolute Gasteiger partial charge is 0.490 e. The molecule has 0 bridgehead atoms. The number of carbonyl (C=O) groups excluding carboxylic acids is 2. The Labute approximate surface area is 163 Å². The number of ketones is 1. The Morgan fingerprint density at radius 3 is 2.07 bits per heavy atom. The van der Waals surface area contributed by atoms with Crippen molar-refractivity contribution >= 4 is 17.4 Å². The van der Waals surface area contributed by atoms with E-state index >= 15 is 0 Å². The predicted molar refractivity (Wildman–Crippen MR) is 108 cm³/mol. The number of hydrogen-bond acceptors (Lipinski definition) is 4. The summed E-state index contributed by atoms with van der Waals surface area (Å²) in [5.74, 6) is 1.12. The molecule has 28 heavy (non-hydrogen) atoms. The van der Waals surface area contributed by atoms with Crippen LogP contribution in [0.2, 0.25) is 0 Å². The molecule has 0 saturated heterocycles. The van der Waals surface area contributed by atoms with E-state index in [-0.39, 0.29) is 11.7 Å². The fraction of sp³-hybridized carbons (Fsp3) is 0.130. The van der Waals surface area contributed by atoms with Crippen LogP contribution in [0.25, 0.3) is 0 Å². The van der Waals surface area contributed by atoms with Crippen LogP contribution in [0.4, 0.5) is 5.69 Å². The van der Waals surface area contributed by atoms with Crippen molar-refractivity contribution in [3.05, 3.63) is 90.0 Å². The number of para-hydroxylation sites is 1. The lowest BCUT2D eigenvalue weighted by atomic mass is 10.1. The van der Waals surface area contributed by atoms with Gasteiger partial charge in [-0.2, -0.15) is 0 Å². The molecule has 0 aliphatic heterocycles. The van der Waals surface area contributed by atoms with Crippen molar-refractivity contribution in [2.45, 2.75) is 6.92 Å². The van der Waals surface area contributed by atoms with Crippen LogP contribution in [-0.4, -0.2) is 24.9 Å². The summed E-state index contributed by atoms with van der Waals surface area (Å²) < 4.78 is 11.3. The molecule has 5 heteroatoms. The molecule has 0 aliphatic carbocycles. The maximum absolute atomic E-state index is 12.4. The number of amides is 1. The molecular formula is C23H21NO4. The summed E-state index contributed by atoms with van der Waals surface area (Å²) >= 11 is 0. The maximum atomic E-state index is 12.4. The predicted octanol–water partition coefficient (Wildman–Crippen LogP) is 4.60. The van der Waals surface area contributed by atoms with Crippen LogP contribution in [0.3, 0.4) is 0 Å². The van der Waals surface area contributed by atoms with Crippen LogP contribution < -0.4 is 14.8 Å². The fourth-order valence-electron chi connectivity index (χ4n) is 2.55. The van der Waals surface area contributed by atoms with Gasteiger partial charge in [0.15, 0.2) is 5.78 Å². The normalized spacial score (nSPS) is 10.2. The zero-order valence-electron chi connectivity index (χ0n) is 15.6. The SMILES string of the molecule is CC(=O)c1ccc(NC(=O)c2cccc(OCCOc3ccccc3)c2)cc1. The second-order valence-corrected chi connectivity index (χ2v) is 6.13. The summed E-state index contributed by atoms with van der Waals surface area (Å²) in [4.78, 5) is 23.8. The molecule has 0 fully saturated rings. The molecule has 3 rings (SSSR count). The van der Waals surface area contributed by atoms with Gasteiger partial charge in [-0.3, -0.25) is 9.59 Å². The molecule has 0 spiro atoms. The minimum Gasteiger partial charge on any atom is -0.490 e. The molecule has 0 radical (unpaired) electrons. The second kappa shape index (κ2) is 9.37. The van der Waals surface area contributed by atoms with Crippen LogP contribution in [0.1, 0.15) is 27.6 Å². The van der Waals surface area contributed by atoms with E-state index in [4.69, 9.17) is 9.47 Å². The number of carbonyl (C=O) groups is 2. The molecule has 3 aromatic rings. The number of rotatable bonds is 8. The van der Waals surface area contributed by atoms with Crippen LogP contribution in [0.5, 0.6) is 11.5 Å². The highest BCUT2D eigenvalue weighted by atomic mass is 16.5. The topological polar surface area (TPSA) is 64.6 Å². The molecule has 3 aromatic carbocycles. The number of hydrogen-bond donors (Lipinski definition) is 1. The Morgan fingerprint density at radius 2 is 1.39 bits per heavy atom. The monoisotopic (exact) mass is 375 g/mol. The van der Waals surface area contributed by atoms with Crippen LogP contribution >= 0.6 is 0 Å². The van der Waals surface area contributed by atoms with Gasteiger partial charge in [0.2, 0.25) is 0 Å². The third-order valence-electron chi connectivity index (χ3n) is 4.01. The molecule has 0 aliphatic rings. The lowest BCUT2D eigenvalue weighted by Gasteiger charge is -2.10. The summed E-state index contributed by atoms with van der Waals surface area (Å²) in [5.41, 5.74) is 1.71. The van der Waals surface area contributed by atoms with E-state index in [1.165, 1.54) is 6.92 Å². The number of benzene rings is 3. The zero-order chi connectivity index (χ0) is 19.8. The number of nitrogens with one attached hydrogen (secondary N) is 1. The van der Waals surface area contributed by atoms with Crippen molar-refractivity contribution in [2.75, 3.05) is 18.5 Å². The lowest BCUT2D eigenvalue weighted by Crippen LogP contribution is -2.13. The van der Waals surface area contributed by atoms with Crippen LogP contribution in [0.15, 0.2) is 78.9 Å². The van der Waals surface area contributed by atoms with Gasteiger partial charge in [0.1, 0.15) is 24.7 Å². The van der Waals surface area contributed by atoms with E-state index in [0.29, 0.717) is 35.8 Å². The van der Waals surface area contributed by atoms with Gasteiger partial charge < -0.3 is 14.8 Å². The first-order valence-corrected chi connectivity index (χ1v) is 8.95. The molecule has 142 valence electrons. The number of ether oxygens (including phenoxy) is 2. The summed E-state index contributed by atoms with van der Waals surface area (Å²) in [5, 5.41) is 2.81. The van der Waals surface area contributed by atoms with Crippen molar-refractivity contribution in [2.24, 2.45) is 0 Å². The summed E-state index contributed by atoms with van der Waals surface area (Å²) in [6.07, 6.45) is 0. The van der Waals surface area contributed by atoms with Gasteiger partial charge in [-0.1, -0.05) is 24.3 Å². The zero-order valence-corrected chi connectivity index (χ0v) is 15.6. The first kappa shape index (κ1) is 19.2. The average molecular weight is 375 g/mol. The minimum absolute atomic E-state index is 0.0148. The highest BCUT2D eigenvalue weighted by Gasteiger charge is 2.08. The molecule has 0 unspecified atom stereocenters. The second-order valence-electron chi connectivity index (χ2n) is 6.13. The summed E-state index contributed by atoms with van der Waals surface area (Å²) in [7, 11) is 0. The maximum Gasteiger partial charge on any atom is 0.255 e. The number of Topliss-reactive ketones (excluding diaryl/α,β-unsaturated/α-hetero) is 1. The van der Waals surface area contributed by atoms with Gasteiger partial charge in [-0.15, -0.1) is 0 Å². The van der Waals surface area contributed by atoms with Gasteiger partial charge in [-0.25, -0.2) is 0 Å². The Kier molecular flexibility index (Phi) is 6.41. The molecule has 0 heterocycles. The van der Waals surface area contributed by atoms with Gasteiger partial charge in [0, 0.05) is 16.8 Å². The molecular weight excluding hydrogens is 354 g/mol. The van der Waals surface area contributed by atoms with Gasteiger partial charge >= 0.3 is 0 Å². The van der Waals surface area contributed by atoms with E-state index < -0.39 is 0 Å². The third kappa shape index (κ3) is 5.45. The minimum atomic E-state index is -0.249.